The van der Waals surface area contributed by atoms with Crippen molar-refractivity contribution in [3.8, 4) is 6.07 Å². The highest BCUT2D eigenvalue weighted by molar-refractivity contribution is 8.00. The zero-order chi connectivity index (χ0) is 17.0. The van der Waals surface area contributed by atoms with Gasteiger partial charge in [-0.2, -0.15) is 5.26 Å². The smallest absolute Gasteiger partial charge is 0.234 e. The summed E-state index contributed by atoms with van der Waals surface area (Å²) in [5.41, 5.74) is -0.659. The van der Waals surface area contributed by atoms with Crippen molar-refractivity contribution in [3.05, 3.63) is 42.5 Å². The summed E-state index contributed by atoms with van der Waals surface area (Å²) in [6.45, 7) is 1.91. The van der Waals surface area contributed by atoms with Gasteiger partial charge in [-0.3, -0.25) is 4.79 Å². The van der Waals surface area contributed by atoms with E-state index in [-0.39, 0.29) is 11.2 Å². The first-order valence-corrected chi connectivity index (χ1v) is 9.39. The molecular weight excluding hydrogens is 316 g/mol. The minimum absolute atomic E-state index is 0.0448. The first-order valence-electron chi connectivity index (χ1n) is 8.51. The van der Waals surface area contributed by atoms with Crippen LogP contribution in [0.25, 0.3) is 10.8 Å². The van der Waals surface area contributed by atoms with Crippen molar-refractivity contribution >= 4 is 28.4 Å². The highest BCUT2D eigenvalue weighted by Gasteiger charge is 2.34. The Morgan fingerprint density at radius 2 is 1.88 bits per heavy atom. The van der Waals surface area contributed by atoms with Crippen LogP contribution in [0.1, 0.15) is 39.0 Å². The Labute approximate surface area is 147 Å². The normalized spacial score (nSPS) is 17.8. The van der Waals surface area contributed by atoms with Crippen LogP contribution in [-0.2, 0) is 4.79 Å². The fourth-order valence-corrected chi connectivity index (χ4v) is 4.17. The predicted octanol–water partition coefficient (Wildman–Crippen LogP) is 4.66. The van der Waals surface area contributed by atoms with E-state index < -0.39 is 5.54 Å². The van der Waals surface area contributed by atoms with Crippen LogP contribution < -0.4 is 5.32 Å². The average molecular weight is 338 g/mol. The van der Waals surface area contributed by atoms with Gasteiger partial charge in [0.2, 0.25) is 5.91 Å². The van der Waals surface area contributed by atoms with Crippen LogP contribution in [0, 0.1) is 11.3 Å². The molecule has 1 saturated carbocycles. The van der Waals surface area contributed by atoms with Crippen LogP contribution in [0.5, 0.6) is 0 Å². The summed E-state index contributed by atoms with van der Waals surface area (Å²) < 4.78 is 0. The highest BCUT2D eigenvalue weighted by atomic mass is 32.2. The molecule has 124 valence electrons. The lowest BCUT2D eigenvalue weighted by Gasteiger charge is -2.32. The maximum atomic E-state index is 12.6. The summed E-state index contributed by atoms with van der Waals surface area (Å²) in [5, 5.41) is 14.7. The quantitative estimate of drug-likeness (QED) is 0.825. The molecule has 3 rings (SSSR count). The number of nitrogens with one attached hydrogen (secondary N) is 1. The number of hydrogen-bond acceptors (Lipinski definition) is 3. The first kappa shape index (κ1) is 16.9. The number of nitrogens with zero attached hydrogens (tertiary/aromatic N) is 1. The van der Waals surface area contributed by atoms with Gasteiger partial charge in [-0.15, -0.1) is 11.8 Å². The Hall–Kier alpha value is -1.99. The summed E-state index contributed by atoms with van der Waals surface area (Å²) in [6.07, 6.45) is 4.71. The number of thioether (sulfide) groups is 1. The van der Waals surface area contributed by atoms with Gasteiger partial charge in [0.1, 0.15) is 5.54 Å². The molecule has 1 aliphatic carbocycles. The highest BCUT2D eigenvalue weighted by Crippen LogP contribution is 2.30. The van der Waals surface area contributed by atoms with Crippen LogP contribution in [0.2, 0.25) is 0 Å². The van der Waals surface area contributed by atoms with Gasteiger partial charge in [0.05, 0.1) is 11.3 Å². The number of carbonyl (C=O) groups excluding carboxylic acids is 1. The Morgan fingerprint density at radius 1 is 1.17 bits per heavy atom. The van der Waals surface area contributed by atoms with E-state index in [0.29, 0.717) is 0 Å². The zero-order valence-electron chi connectivity index (χ0n) is 13.9. The van der Waals surface area contributed by atoms with E-state index >= 15 is 0 Å². The number of fused-ring (bicyclic) bond motifs is 1. The molecule has 2 aromatic carbocycles. The molecule has 0 bridgehead atoms. The van der Waals surface area contributed by atoms with E-state index in [9.17, 15) is 10.1 Å². The fourth-order valence-electron chi connectivity index (χ4n) is 3.26. The van der Waals surface area contributed by atoms with Crippen LogP contribution in [0.15, 0.2) is 47.4 Å². The molecule has 1 aliphatic rings. The molecule has 0 heterocycles. The van der Waals surface area contributed by atoms with Gasteiger partial charge in [-0.25, -0.2) is 0 Å². The second kappa shape index (κ2) is 7.27. The molecule has 1 N–H and O–H groups in total. The van der Waals surface area contributed by atoms with Crippen molar-refractivity contribution in [1.29, 1.82) is 5.26 Å². The lowest BCUT2D eigenvalue weighted by Crippen LogP contribution is -2.50. The summed E-state index contributed by atoms with van der Waals surface area (Å²) in [5.74, 6) is -0.0448. The second-order valence-corrected chi connectivity index (χ2v) is 7.93. The summed E-state index contributed by atoms with van der Waals surface area (Å²) in [6, 6.07) is 16.8. The molecule has 0 unspecified atom stereocenters. The maximum Gasteiger partial charge on any atom is 0.234 e. The van der Waals surface area contributed by atoms with Gasteiger partial charge in [0.15, 0.2) is 0 Å². The van der Waals surface area contributed by atoms with Gasteiger partial charge < -0.3 is 5.32 Å². The molecule has 1 fully saturated rings. The van der Waals surface area contributed by atoms with Crippen molar-refractivity contribution in [1.82, 2.24) is 5.32 Å². The number of benzene rings is 2. The van der Waals surface area contributed by atoms with Crippen LogP contribution in [0.3, 0.4) is 0 Å². The number of hydrogen-bond donors (Lipinski definition) is 1. The summed E-state index contributed by atoms with van der Waals surface area (Å²) >= 11 is 1.54. The number of rotatable bonds is 4. The lowest BCUT2D eigenvalue weighted by molar-refractivity contribution is -0.121. The summed E-state index contributed by atoms with van der Waals surface area (Å²) in [7, 11) is 0. The van der Waals surface area contributed by atoms with Crippen molar-refractivity contribution in [2.45, 2.75) is 54.7 Å². The fraction of sp³-hybridized carbons (Fsp3) is 0.400. The SMILES string of the molecule is C[C@@H](Sc1ccc2ccccc2c1)C(=O)NC1(C#N)CCCCC1. The predicted molar refractivity (Wildman–Crippen MR) is 98.8 cm³/mol. The maximum absolute atomic E-state index is 12.6. The first-order chi connectivity index (χ1) is 11.6. The van der Waals surface area contributed by atoms with E-state index in [1.165, 1.54) is 10.8 Å². The van der Waals surface area contributed by atoms with Crippen molar-refractivity contribution in [3.63, 3.8) is 0 Å². The molecular formula is C20H22N2OS. The lowest BCUT2D eigenvalue weighted by atomic mass is 9.83. The van der Waals surface area contributed by atoms with E-state index in [2.05, 4.69) is 41.7 Å². The molecule has 0 aliphatic heterocycles. The third-order valence-corrected chi connectivity index (χ3v) is 5.78. The standard InChI is InChI=1S/C20H22N2OS/c1-15(19(23)22-20(14-21)11-5-2-6-12-20)24-18-10-9-16-7-3-4-8-17(16)13-18/h3-4,7-10,13,15H,2,5-6,11-12H2,1H3,(H,22,23)/t15-/m1/s1. The molecule has 1 amide bonds. The number of amides is 1. The van der Waals surface area contributed by atoms with Crippen molar-refractivity contribution in [2.75, 3.05) is 0 Å². The molecule has 2 aromatic rings. The second-order valence-electron chi connectivity index (χ2n) is 6.51. The third kappa shape index (κ3) is 3.73. The van der Waals surface area contributed by atoms with E-state index in [1.807, 2.05) is 19.1 Å². The van der Waals surface area contributed by atoms with Crippen LogP contribution in [0.4, 0.5) is 0 Å². The van der Waals surface area contributed by atoms with Gasteiger partial charge in [0.25, 0.3) is 0 Å². The van der Waals surface area contributed by atoms with Gasteiger partial charge in [0, 0.05) is 4.90 Å². The van der Waals surface area contributed by atoms with Gasteiger partial charge in [-0.05, 0) is 42.7 Å². The average Bonchev–Trinajstić information content (AvgIpc) is 2.62. The monoisotopic (exact) mass is 338 g/mol. The van der Waals surface area contributed by atoms with E-state index in [1.54, 1.807) is 11.8 Å². The third-order valence-electron chi connectivity index (χ3n) is 4.69. The Kier molecular flexibility index (Phi) is 5.11. The van der Waals surface area contributed by atoms with Crippen LogP contribution in [-0.4, -0.2) is 16.7 Å². The summed E-state index contributed by atoms with van der Waals surface area (Å²) in [4.78, 5) is 13.6. The Bertz CT molecular complexity index is 775. The molecule has 4 heteroatoms. The van der Waals surface area contributed by atoms with Crippen molar-refractivity contribution in [2.24, 2.45) is 0 Å². The number of carbonyl (C=O) groups is 1. The topological polar surface area (TPSA) is 52.9 Å². The molecule has 0 spiro atoms. The van der Waals surface area contributed by atoms with Crippen molar-refractivity contribution < 1.29 is 4.79 Å². The molecule has 0 aromatic heterocycles. The van der Waals surface area contributed by atoms with E-state index in [4.69, 9.17) is 0 Å². The minimum atomic E-state index is -0.659. The minimum Gasteiger partial charge on any atom is -0.337 e. The molecule has 24 heavy (non-hydrogen) atoms. The molecule has 1 atom stereocenters. The van der Waals surface area contributed by atoms with Gasteiger partial charge >= 0.3 is 0 Å². The molecule has 0 saturated heterocycles. The van der Waals surface area contributed by atoms with Crippen LogP contribution >= 0.6 is 11.8 Å². The van der Waals surface area contributed by atoms with E-state index in [0.717, 1.165) is 37.0 Å². The zero-order valence-corrected chi connectivity index (χ0v) is 14.7. The van der Waals surface area contributed by atoms with Gasteiger partial charge in [-0.1, -0.05) is 49.6 Å². The largest absolute Gasteiger partial charge is 0.337 e. The Morgan fingerprint density at radius 3 is 2.58 bits per heavy atom. The number of nitriles is 1. The Balaban J connectivity index is 1.67. The molecule has 0 radical (unpaired) electrons. The molecule has 3 nitrogen and oxygen atoms in total.